The van der Waals surface area contributed by atoms with Crippen LogP contribution in [-0.4, -0.2) is 106 Å². The van der Waals surface area contributed by atoms with Gasteiger partial charge in [-0.3, -0.25) is 14.4 Å². The summed E-state index contributed by atoms with van der Waals surface area (Å²) in [6.07, 6.45) is 2.40. The van der Waals surface area contributed by atoms with Gasteiger partial charge >= 0.3 is 12.1 Å². The molecule has 3 N–H and O–H groups in total. The van der Waals surface area contributed by atoms with E-state index >= 15 is 8.78 Å². The number of aromatic nitrogens is 4. The minimum atomic E-state index is -2.89. The first-order chi connectivity index (χ1) is 33.9. The Kier molecular flexibility index (Phi) is 14.0. The third kappa shape index (κ3) is 9.84. The molecule has 380 valence electrons. The van der Waals surface area contributed by atoms with Crippen molar-refractivity contribution in [3.05, 3.63) is 82.9 Å². The van der Waals surface area contributed by atoms with Crippen molar-refractivity contribution >= 4 is 57.3 Å². The highest BCUT2D eigenvalue weighted by atomic mass is 19.3. The second-order valence-electron chi connectivity index (χ2n) is 20.3. The number of imidazole rings is 2. The summed E-state index contributed by atoms with van der Waals surface area (Å²) in [6, 6.07) is 12.1. The first-order valence-electron chi connectivity index (χ1n) is 24.9. The molecule has 0 bridgehead atoms. The van der Waals surface area contributed by atoms with Crippen molar-refractivity contribution in [2.24, 2.45) is 17.8 Å². The minimum Gasteiger partial charge on any atom is -0.469 e. The van der Waals surface area contributed by atoms with E-state index < -0.39 is 54.4 Å². The van der Waals surface area contributed by atoms with Crippen LogP contribution in [0.15, 0.2) is 48.5 Å². The summed E-state index contributed by atoms with van der Waals surface area (Å²) in [4.78, 5) is 76.2. The van der Waals surface area contributed by atoms with E-state index in [0.717, 1.165) is 35.0 Å². The standard InChI is InChI=1S/C52H63F4N9O6/c1-28(2)33(27-44(66)70-5)49(67)63-19-7-9-42(63)47-57-36-13-11-30(23-38(36)59-47)40-15-16-41(65(40)32-25-34(53)46(35(54)26-32)62-21-17-52(55,56)18-22-62)31-12-14-37-39(24-31)60-48(58-37)43-10-8-20-64(43)50(68)45(29(3)4)61-51(69)71-6/h11-14,23-26,28-29,33,40-43,45H,7-10,15-22,27H2,1-6H3,(H,57,59)(H,58,60)(H,61,69)/t33-,40+,41+,42-,43+,45-/m0/s1. The molecule has 0 radical (unpaired) electrons. The number of hydrogen-bond donors (Lipinski definition) is 3. The molecule has 6 atom stereocenters. The van der Waals surface area contributed by atoms with Gasteiger partial charge in [0.2, 0.25) is 11.8 Å². The van der Waals surface area contributed by atoms with Crippen LogP contribution in [0.3, 0.4) is 0 Å². The number of likely N-dealkylation sites (tertiary alicyclic amines) is 2. The SMILES string of the molecule is COC(=O)C[C@H](C(=O)N1CCC[C@H]1c1nc2ccc([C@H]3CC[C@H](c4ccc5nc([C@H]6CCCN6C(=O)[C@@H](NC(=O)OC)C(C)C)[nH]c5c4)N3c3cc(F)c(N4CCC(F)(F)CC4)c(F)c3)cc2[nH]1)C(C)C. The van der Waals surface area contributed by atoms with E-state index in [-0.39, 0.29) is 73.0 Å². The van der Waals surface area contributed by atoms with E-state index in [1.54, 1.807) is 4.90 Å². The summed E-state index contributed by atoms with van der Waals surface area (Å²) in [6.45, 7) is 8.23. The number of nitrogens with zero attached hydrogens (tertiary/aromatic N) is 6. The molecule has 9 rings (SSSR count). The molecule has 4 aliphatic heterocycles. The lowest BCUT2D eigenvalue weighted by molar-refractivity contribution is -0.148. The minimum absolute atomic E-state index is 0.0116. The Morgan fingerprint density at radius 2 is 1.23 bits per heavy atom. The zero-order valence-corrected chi connectivity index (χ0v) is 41.1. The molecule has 0 unspecified atom stereocenters. The molecule has 0 spiro atoms. The molecular formula is C52H63F4N9O6. The van der Waals surface area contributed by atoms with Crippen molar-refractivity contribution in [2.75, 3.05) is 50.2 Å². The number of fused-ring (bicyclic) bond motifs is 2. The van der Waals surface area contributed by atoms with Crippen molar-refractivity contribution < 1.29 is 46.2 Å². The predicted molar refractivity (Wildman–Crippen MR) is 259 cm³/mol. The highest BCUT2D eigenvalue weighted by Crippen LogP contribution is 2.49. The number of alkyl halides is 2. The molecule has 5 aromatic rings. The summed E-state index contributed by atoms with van der Waals surface area (Å²) in [5.74, 6) is -4.93. The van der Waals surface area contributed by atoms with Crippen molar-refractivity contribution in [3.63, 3.8) is 0 Å². The first-order valence-corrected chi connectivity index (χ1v) is 24.9. The van der Waals surface area contributed by atoms with E-state index in [1.165, 1.54) is 31.3 Å². The lowest BCUT2D eigenvalue weighted by atomic mass is 9.91. The van der Waals surface area contributed by atoms with Gasteiger partial charge in [-0.15, -0.1) is 0 Å². The van der Waals surface area contributed by atoms with E-state index in [4.69, 9.17) is 19.4 Å². The third-order valence-electron chi connectivity index (χ3n) is 15.1. The van der Waals surface area contributed by atoms with Gasteiger partial charge in [0.15, 0.2) is 11.6 Å². The Bertz CT molecular complexity index is 2640. The van der Waals surface area contributed by atoms with E-state index in [9.17, 15) is 28.0 Å². The molecule has 4 fully saturated rings. The van der Waals surface area contributed by atoms with Gasteiger partial charge in [0.1, 0.15) is 23.4 Å². The van der Waals surface area contributed by atoms with Crippen LogP contribution >= 0.6 is 0 Å². The topological polar surface area (TPSA) is 169 Å². The fraction of sp³-hybridized carbons (Fsp3) is 0.538. The van der Waals surface area contributed by atoms with Gasteiger partial charge in [-0.1, -0.05) is 39.8 Å². The van der Waals surface area contributed by atoms with Crippen LogP contribution in [0.25, 0.3) is 22.1 Å². The number of alkyl carbamates (subject to hydrolysis) is 1. The molecule has 4 saturated heterocycles. The summed E-state index contributed by atoms with van der Waals surface area (Å²) in [5.41, 5.74) is 4.53. The zero-order chi connectivity index (χ0) is 50.5. The lowest BCUT2D eigenvalue weighted by Crippen LogP contribution is -2.51. The number of carbonyl (C=O) groups is 4. The Morgan fingerprint density at radius 3 is 1.70 bits per heavy atom. The second-order valence-corrected chi connectivity index (χ2v) is 20.3. The van der Waals surface area contributed by atoms with Gasteiger partial charge in [0, 0.05) is 44.7 Å². The van der Waals surface area contributed by atoms with Crippen LogP contribution in [0.2, 0.25) is 0 Å². The summed E-state index contributed by atoms with van der Waals surface area (Å²) >= 11 is 0. The molecule has 3 aromatic carbocycles. The molecule has 15 nitrogen and oxygen atoms in total. The quantitative estimate of drug-likeness (QED) is 0.0763. The highest BCUT2D eigenvalue weighted by Gasteiger charge is 2.42. The van der Waals surface area contributed by atoms with Crippen LogP contribution in [0, 0.1) is 29.4 Å². The fourth-order valence-electron chi connectivity index (χ4n) is 11.3. The Labute approximate surface area is 410 Å². The number of carbonyl (C=O) groups excluding carboxylic acids is 4. The number of anilines is 2. The Morgan fingerprint density at radius 1 is 0.704 bits per heavy atom. The maximum atomic E-state index is 16.4. The van der Waals surface area contributed by atoms with E-state index in [1.807, 2.05) is 73.9 Å². The number of rotatable bonds is 13. The average molecular weight is 986 g/mol. The zero-order valence-electron chi connectivity index (χ0n) is 41.1. The monoisotopic (exact) mass is 985 g/mol. The summed E-state index contributed by atoms with van der Waals surface area (Å²) in [5, 5.41) is 2.69. The van der Waals surface area contributed by atoms with Crippen molar-refractivity contribution in [1.82, 2.24) is 35.1 Å². The van der Waals surface area contributed by atoms with Crippen LogP contribution < -0.4 is 15.1 Å². The number of aromatic amines is 2. The van der Waals surface area contributed by atoms with Crippen molar-refractivity contribution in [2.45, 2.75) is 122 Å². The van der Waals surface area contributed by atoms with Gasteiger partial charge in [-0.05, 0) is 97.9 Å². The Hall–Kier alpha value is -6.40. The van der Waals surface area contributed by atoms with E-state index in [0.29, 0.717) is 67.1 Å². The summed E-state index contributed by atoms with van der Waals surface area (Å²) < 4.78 is 70.8. The fourth-order valence-corrected chi connectivity index (χ4v) is 11.3. The van der Waals surface area contributed by atoms with Crippen molar-refractivity contribution in [1.29, 1.82) is 0 Å². The lowest BCUT2D eigenvalue weighted by Gasteiger charge is -2.36. The second kappa shape index (κ2) is 20.0. The highest BCUT2D eigenvalue weighted by molar-refractivity contribution is 5.87. The number of piperidine rings is 1. The molecular weight excluding hydrogens is 923 g/mol. The van der Waals surface area contributed by atoms with Crippen molar-refractivity contribution in [3.8, 4) is 0 Å². The van der Waals surface area contributed by atoms with Gasteiger partial charge in [0.25, 0.3) is 5.92 Å². The average Bonchev–Trinajstić information content (AvgIpc) is 4.20. The number of esters is 1. The number of halogens is 4. The molecule has 19 heteroatoms. The molecule has 2 aromatic heterocycles. The molecule has 4 aliphatic rings. The summed E-state index contributed by atoms with van der Waals surface area (Å²) in [7, 11) is 2.57. The normalized spacial score (nSPS) is 22.3. The molecule has 0 aliphatic carbocycles. The Balaban J connectivity index is 1.04. The maximum Gasteiger partial charge on any atom is 0.407 e. The van der Waals surface area contributed by atoms with Crippen LogP contribution in [0.1, 0.15) is 132 Å². The number of methoxy groups -OCH3 is 2. The van der Waals surface area contributed by atoms with Gasteiger partial charge < -0.3 is 44.4 Å². The number of hydrogen-bond acceptors (Lipinski definition) is 10. The predicted octanol–water partition coefficient (Wildman–Crippen LogP) is 9.58. The number of nitrogens with one attached hydrogen (secondary N) is 3. The number of amides is 3. The number of H-pyrrole nitrogens is 2. The van der Waals surface area contributed by atoms with Gasteiger partial charge in [0.05, 0.1) is 72.8 Å². The van der Waals surface area contributed by atoms with Crippen LogP contribution in [0.4, 0.5) is 33.7 Å². The van der Waals surface area contributed by atoms with Gasteiger partial charge in [-0.2, -0.15) is 0 Å². The van der Waals surface area contributed by atoms with E-state index in [2.05, 4.69) is 15.3 Å². The van der Waals surface area contributed by atoms with Crippen LogP contribution in [-0.2, 0) is 23.9 Å². The molecule has 3 amide bonds. The largest absolute Gasteiger partial charge is 0.469 e. The smallest absolute Gasteiger partial charge is 0.407 e. The number of benzene rings is 3. The molecule has 71 heavy (non-hydrogen) atoms. The van der Waals surface area contributed by atoms with Crippen LogP contribution in [0.5, 0.6) is 0 Å². The maximum absolute atomic E-state index is 16.4. The molecule has 0 saturated carbocycles. The first kappa shape index (κ1) is 49.6. The van der Waals surface area contributed by atoms with Gasteiger partial charge in [-0.25, -0.2) is 32.3 Å². The molecule has 6 heterocycles. The number of ether oxygens (including phenoxy) is 2. The third-order valence-corrected chi connectivity index (χ3v) is 15.1.